The molecular weight excluding hydrogens is 432 g/mol. The number of ketones is 1. The number of Topliss-reactive ketones (excluding diaryl/α,β-unsaturated/α-hetero) is 1. The molecule has 3 aromatic rings. The standard InChI is InChI=1S/C24H23ClN2O5/c1-26(2)10-3-11-27-21(14-4-7-17(28)8-5-14)20(23(30)24(27)31)22(29)19-13-15-12-16(25)6-9-18(15)32-19/h4-9,12-13,21,28,30H,3,10-11H2,1-2H3. The Morgan fingerprint density at radius 1 is 1.12 bits per heavy atom. The van der Waals surface area contributed by atoms with Crippen LogP contribution in [0, 0.1) is 0 Å². The molecule has 1 atom stereocenters. The van der Waals surface area contributed by atoms with Crippen LogP contribution in [0.1, 0.15) is 28.6 Å². The maximum atomic E-state index is 13.5. The molecule has 2 heterocycles. The molecule has 0 radical (unpaired) electrons. The predicted octanol–water partition coefficient (Wildman–Crippen LogP) is 4.32. The number of hydrogen-bond donors (Lipinski definition) is 2. The summed E-state index contributed by atoms with van der Waals surface area (Å²) in [6.07, 6.45) is 0.658. The van der Waals surface area contributed by atoms with E-state index in [0.717, 1.165) is 6.54 Å². The van der Waals surface area contributed by atoms with Gasteiger partial charge in [0.1, 0.15) is 11.3 Å². The van der Waals surface area contributed by atoms with Gasteiger partial charge in [-0.05, 0) is 69.0 Å². The molecule has 7 nitrogen and oxygen atoms in total. The highest BCUT2D eigenvalue weighted by molar-refractivity contribution is 6.31. The Hall–Kier alpha value is -3.29. The van der Waals surface area contributed by atoms with Gasteiger partial charge in [-0.2, -0.15) is 0 Å². The Balaban J connectivity index is 1.74. The first kappa shape index (κ1) is 21.9. The van der Waals surface area contributed by atoms with Gasteiger partial charge in [-0.15, -0.1) is 0 Å². The Labute approximate surface area is 190 Å². The van der Waals surface area contributed by atoms with Crippen LogP contribution in [0.3, 0.4) is 0 Å². The van der Waals surface area contributed by atoms with E-state index in [9.17, 15) is 19.8 Å². The Morgan fingerprint density at radius 2 is 1.84 bits per heavy atom. The first-order valence-corrected chi connectivity index (χ1v) is 10.6. The summed E-state index contributed by atoms with van der Waals surface area (Å²) in [4.78, 5) is 29.9. The molecule has 1 aliphatic rings. The van der Waals surface area contributed by atoms with E-state index in [4.69, 9.17) is 16.0 Å². The van der Waals surface area contributed by atoms with Crippen LogP contribution in [-0.2, 0) is 4.79 Å². The van der Waals surface area contributed by atoms with Crippen LogP contribution in [0.4, 0.5) is 0 Å². The van der Waals surface area contributed by atoms with Gasteiger partial charge in [0, 0.05) is 17.0 Å². The SMILES string of the molecule is CN(C)CCCN1C(=O)C(O)=C(C(=O)c2cc3cc(Cl)ccc3o2)C1c1ccc(O)cc1. The second-order valence-corrected chi connectivity index (χ2v) is 8.47. The first-order chi connectivity index (χ1) is 15.3. The highest BCUT2D eigenvalue weighted by Gasteiger charge is 2.44. The van der Waals surface area contributed by atoms with Crippen molar-refractivity contribution in [2.45, 2.75) is 12.5 Å². The van der Waals surface area contributed by atoms with Crippen molar-refractivity contribution in [1.82, 2.24) is 9.80 Å². The smallest absolute Gasteiger partial charge is 0.290 e. The number of furan rings is 1. The van der Waals surface area contributed by atoms with Crippen molar-refractivity contribution in [1.29, 1.82) is 0 Å². The molecule has 0 saturated heterocycles. The van der Waals surface area contributed by atoms with E-state index >= 15 is 0 Å². The number of benzene rings is 2. The van der Waals surface area contributed by atoms with Gasteiger partial charge >= 0.3 is 0 Å². The van der Waals surface area contributed by atoms with Gasteiger partial charge in [0.15, 0.2) is 11.5 Å². The summed E-state index contributed by atoms with van der Waals surface area (Å²) in [6.45, 7) is 1.08. The van der Waals surface area contributed by atoms with Crippen molar-refractivity contribution >= 4 is 34.3 Å². The highest BCUT2D eigenvalue weighted by Crippen LogP contribution is 2.40. The monoisotopic (exact) mass is 454 g/mol. The second kappa shape index (κ2) is 8.68. The quantitative estimate of drug-likeness (QED) is 0.516. The largest absolute Gasteiger partial charge is 0.508 e. The highest BCUT2D eigenvalue weighted by atomic mass is 35.5. The lowest BCUT2D eigenvalue weighted by Gasteiger charge is -2.27. The number of phenolic OH excluding ortho intramolecular Hbond substituents is 1. The third-order valence-electron chi connectivity index (χ3n) is 5.46. The number of rotatable bonds is 7. The number of halogens is 1. The number of aromatic hydroxyl groups is 1. The fourth-order valence-corrected chi connectivity index (χ4v) is 4.12. The second-order valence-electron chi connectivity index (χ2n) is 8.03. The Morgan fingerprint density at radius 3 is 2.53 bits per heavy atom. The van der Waals surface area contributed by atoms with Gasteiger partial charge in [-0.3, -0.25) is 9.59 Å². The molecular formula is C24H23ClN2O5. The molecule has 0 fully saturated rings. The lowest BCUT2D eigenvalue weighted by Crippen LogP contribution is -2.33. The third kappa shape index (κ3) is 4.09. The molecule has 1 amide bonds. The maximum Gasteiger partial charge on any atom is 0.290 e. The van der Waals surface area contributed by atoms with Gasteiger partial charge < -0.3 is 24.4 Å². The number of fused-ring (bicyclic) bond motifs is 1. The fourth-order valence-electron chi connectivity index (χ4n) is 3.94. The van der Waals surface area contributed by atoms with Crippen molar-refractivity contribution in [2.75, 3.05) is 27.2 Å². The molecule has 0 spiro atoms. The van der Waals surface area contributed by atoms with Crippen LogP contribution in [0.15, 0.2) is 64.3 Å². The van der Waals surface area contributed by atoms with E-state index in [1.165, 1.54) is 17.0 Å². The van der Waals surface area contributed by atoms with Crippen LogP contribution in [0.25, 0.3) is 11.0 Å². The molecule has 0 bridgehead atoms. The van der Waals surface area contributed by atoms with Gasteiger partial charge in [-0.1, -0.05) is 23.7 Å². The van der Waals surface area contributed by atoms with E-state index in [2.05, 4.69) is 0 Å². The van der Waals surface area contributed by atoms with Crippen molar-refractivity contribution < 1.29 is 24.2 Å². The van der Waals surface area contributed by atoms with Crippen LogP contribution in [0.5, 0.6) is 5.75 Å². The molecule has 1 aliphatic heterocycles. The van der Waals surface area contributed by atoms with Crippen LogP contribution in [-0.4, -0.2) is 58.9 Å². The molecule has 166 valence electrons. The van der Waals surface area contributed by atoms with E-state index in [0.29, 0.717) is 34.5 Å². The average Bonchev–Trinajstić information content (AvgIpc) is 3.27. The molecule has 0 saturated carbocycles. The Bertz CT molecular complexity index is 1210. The lowest BCUT2D eigenvalue weighted by molar-refractivity contribution is -0.129. The van der Waals surface area contributed by atoms with Crippen molar-refractivity contribution in [3.8, 4) is 5.75 Å². The van der Waals surface area contributed by atoms with Gasteiger partial charge in [-0.25, -0.2) is 0 Å². The molecule has 8 heteroatoms. The zero-order valence-electron chi connectivity index (χ0n) is 17.7. The fraction of sp³-hybridized carbons (Fsp3) is 0.250. The van der Waals surface area contributed by atoms with Crippen molar-refractivity contribution in [2.24, 2.45) is 0 Å². The molecule has 0 aliphatic carbocycles. The summed E-state index contributed by atoms with van der Waals surface area (Å²) in [6, 6.07) is 12.0. The molecule has 32 heavy (non-hydrogen) atoms. The number of amides is 1. The van der Waals surface area contributed by atoms with Crippen LogP contribution in [0.2, 0.25) is 5.02 Å². The minimum Gasteiger partial charge on any atom is -0.508 e. The summed E-state index contributed by atoms with van der Waals surface area (Å²) >= 11 is 6.03. The number of hydrogen-bond acceptors (Lipinski definition) is 6. The summed E-state index contributed by atoms with van der Waals surface area (Å²) in [7, 11) is 3.86. The van der Waals surface area contributed by atoms with Gasteiger partial charge in [0.2, 0.25) is 5.78 Å². The molecule has 4 rings (SSSR count). The van der Waals surface area contributed by atoms with E-state index in [1.54, 1.807) is 36.4 Å². The summed E-state index contributed by atoms with van der Waals surface area (Å²) in [5.74, 6) is -1.69. The predicted molar refractivity (Wildman–Crippen MR) is 121 cm³/mol. The van der Waals surface area contributed by atoms with Gasteiger partial charge in [0.05, 0.1) is 11.6 Å². The minimum absolute atomic E-state index is 0.00976. The lowest BCUT2D eigenvalue weighted by atomic mass is 9.95. The first-order valence-electron chi connectivity index (χ1n) is 10.2. The number of phenols is 1. The number of carbonyl (C=O) groups is 2. The summed E-state index contributed by atoms with van der Waals surface area (Å²) < 4.78 is 5.70. The van der Waals surface area contributed by atoms with E-state index < -0.39 is 23.5 Å². The topological polar surface area (TPSA) is 94.2 Å². The van der Waals surface area contributed by atoms with Crippen LogP contribution >= 0.6 is 11.6 Å². The number of nitrogens with zero attached hydrogens (tertiary/aromatic N) is 2. The molecule has 2 aromatic carbocycles. The summed E-state index contributed by atoms with van der Waals surface area (Å²) in [5.41, 5.74) is 1.04. The van der Waals surface area contributed by atoms with E-state index in [-0.39, 0.29) is 17.1 Å². The number of aliphatic hydroxyl groups excluding tert-OH is 1. The average molecular weight is 455 g/mol. The molecule has 1 unspecified atom stereocenters. The van der Waals surface area contributed by atoms with Crippen LogP contribution < -0.4 is 0 Å². The van der Waals surface area contributed by atoms with Gasteiger partial charge in [0.25, 0.3) is 5.91 Å². The Kier molecular flexibility index (Phi) is 5.95. The molecule has 1 aromatic heterocycles. The maximum absolute atomic E-state index is 13.5. The van der Waals surface area contributed by atoms with Crippen molar-refractivity contribution in [3.63, 3.8) is 0 Å². The number of aliphatic hydroxyl groups is 1. The van der Waals surface area contributed by atoms with E-state index in [1.807, 2.05) is 19.0 Å². The normalized spacial score (nSPS) is 16.6. The number of carbonyl (C=O) groups excluding carboxylic acids is 2. The zero-order valence-corrected chi connectivity index (χ0v) is 18.5. The zero-order chi connectivity index (χ0) is 23.0. The molecule has 2 N–H and O–H groups in total. The van der Waals surface area contributed by atoms with Crippen molar-refractivity contribution in [3.05, 3.63) is 76.2 Å². The summed E-state index contributed by atoms with van der Waals surface area (Å²) in [5, 5.41) is 21.6. The minimum atomic E-state index is -0.797. The third-order valence-corrected chi connectivity index (χ3v) is 5.70.